The minimum Gasteiger partial charge on any atom is -0.326 e. The third-order valence-corrected chi connectivity index (χ3v) is 2.23. The third kappa shape index (κ3) is 2.26. The molecule has 0 saturated carbocycles. The lowest BCUT2D eigenvalue weighted by Crippen LogP contribution is -2.35. The van der Waals surface area contributed by atoms with Crippen LogP contribution in [0.15, 0.2) is 29.4 Å². The molecule has 1 aromatic rings. The van der Waals surface area contributed by atoms with Crippen LogP contribution in [0.25, 0.3) is 0 Å². The Bertz CT molecular complexity index is 436. The average Bonchev–Trinajstić information content (AvgIpc) is 2.64. The monoisotopic (exact) mass is 237 g/mol. The van der Waals surface area contributed by atoms with Crippen LogP contribution in [-0.4, -0.2) is 16.8 Å². The first-order chi connectivity index (χ1) is 7.66. The Morgan fingerprint density at radius 2 is 2.38 bits per heavy atom. The van der Waals surface area contributed by atoms with E-state index in [9.17, 15) is 4.79 Å². The number of nitrogens with one attached hydrogen (secondary N) is 2. The summed E-state index contributed by atoms with van der Waals surface area (Å²) < 4.78 is 1.42. The predicted octanol–water partition coefficient (Wildman–Crippen LogP) is 0.975. The highest BCUT2D eigenvalue weighted by Crippen LogP contribution is 2.21. The van der Waals surface area contributed by atoms with Crippen molar-refractivity contribution in [3.05, 3.63) is 24.3 Å². The molecule has 6 nitrogen and oxygen atoms in total. The van der Waals surface area contributed by atoms with E-state index in [2.05, 4.69) is 28.8 Å². The van der Waals surface area contributed by atoms with Crippen LogP contribution in [0.1, 0.15) is 6.92 Å². The van der Waals surface area contributed by atoms with E-state index < -0.39 is 0 Å². The van der Waals surface area contributed by atoms with E-state index in [1.54, 1.807) is 11.3 Å². The number of amides is 1. The zero-order chi connectivity index (χ0) is 11.5. The molecule has 0 spiro atoms. The first-order valence-corrected chi connectivity index (χ1v) is 5.01. The molecule has 0 radical (unpaired) electrons. The van der Waals surface area contributed by atoms with Gasteiger partial charge in [0.05, 0.1) is 5.69 Å². The SMILES string of the molecule is CC(=O)Nc1cccc(N2C=NNN2S)c1. The van der Waals surface area contributed by atoms with Gasteiger partial charge in [-0.25, -0.2) is 10.5 Å². The molecule has 0 bridgehead atoms. The van der Waals surface area contributed by atoms with Gasteiger partial charge in [-0.15, -0.1) is 0 Å². The van der Waals surface area contributed by atoms with Crippen LogP contribution in [0, 0.1) is 0 Å². The Labute approximate surface area is 98.4 Å². The van der Waals surface area contributed by atoms with Gasteiger partial charge in [0.25, 0.3) is 0 Å². The number of thiol groups is 1. The van der Waals surface area contributed by atoms with Crippen molar-refractivity contribution in [2.75, 3.05) is 10.3 Å². The molecule has 0 aromatic heterocycles. The van der Waals surface area contributed by atoms with Crippen molar-refractivity contribution in [1.29, 1.82) is 0 Å². The molecule has 0 aliphatic carbocycles. The highest BCUT2D eigenvalue weighted by Gasteiger charge is 2.15. The molecule has 16 heavy (non-hydrogen) atoms. The number of rotatable bonds is 2. The van der Waals surface area contributed by atoms with Crippen LogP contribution in [-0.2, 0) is 4.79 Å². The standard InChI is InChI=1S/C9H11N5OS/c1-7(15)11-8-3-2-4-9(5-8)13-6-10-12-14(13)16/h2-6,12,16H,1H3,(H,11,15). The van der Waals surface area contributed by atoms with Crippen LogP contribution in [0.2, 0.25) is 0 Å². The van der Waals surface area contributed by atoms with E-state index in [1.807, 2.05) is 24.3 Å². The molecular weight excluding hydrogens is 226 g/mol. The van der Waals surface area contributed by atoms with Crippen molar-refractivity contribution >= 4 is 36.4 Å². The zero-order valence-corrected chi connectivity index (χ0v) is 9.48. The number of nitrogens with zero attached hydrogens (tertiary/aromatic N) is 3. The minimum atomic E-state index is -0.104. The Hall–Kier alpha value is -1.73. The maximum atomic E-state index is 10.9. The van der Waals surface area contributed by atoms with E-state index in [1.165, 1.54) is 11.4 Å². The summed E-state index contributed by atoms with van der Waals surface area (Å²) in [6.45, 7) is 1.47. The smallest absolute Gasteiger partial charge is 0.221 e. The average molecular weight is 237 g/mol. The number of hydrazone groups is 1. The number of hydrogen-bond acceptors (Lipinski definition) is 6. The summed E-state index contributed by atoms with van der Waals surface area (Å²) in [6, 6.07) is 7.36. The molecule has 1 aliphatic heterocycles. The molecule has 84 valence electrons. The second-order valence-corrected chi connectivity index (χ2v) is 3.59. The van der Waals surface area contributed by atoms with Gasteiger partial charge in [-0.1, -0.05) is 10.6 Å². The number of carbonyl (C=O) groups is 1. The molecule has 0 fully saturated rings. The second-order valence-electron chi connectivity index (χ2n) is 3.21. The number of hydrazine groups is 2. The summed E-state index contributed by atoms with van der Waals surface area (Å²) in [4.78, 5) is 10.9. The summed E-state index contributed by atoms with van der Waals surface area (Å²) in [6.07, 6.45) is 1.58. The fourth-order valence-electron chi connectivity index (χ4n) is 1.33. The lowest BCUT2D eigenvalue weighted by Gasteiger charge is -2.21. The van der Waals surface area contributed by atoms with Crippen LogP contribution in [0.5, 0.6) is 0 Å². The Kier molecular flexibility index (Phi) is 2.97. The van der Waals surface area contributed by atoms with Gasteiger partial charge in [0.2, 0.25) is 5.91 Å². The van der Waals surface area contributed by atoms with Gasteiger partial charge in [0.15, 0.2) is 0 Å². The normalized spacial score (nSPS) is 15.0. The Morgan fingerprint density at radius 1 is 1.56 bits per heavy atom. The predicted molar refractivity (Wildman–Crippen MR) is 65.7 cm³/mol. The maximum Gasteiger partial charge on any atom is 0.221 e. The van der Waals surface area contributed by atoms with Crippen molar-refractivity contribution in [3.63, 3.8) is 0 Å². The van der Waals surface area contributed by atoms with Crippen LogP contribution in [0.4, 0.5) is 11.4 Å². The molecule has 7 heteroatoms. The molecule has 2 N–H and O–H groups in total. The first kappa shape index (κ1) is 10.8. The summed E-state index contributed by atoms with van der Waals surface area (Å²) >= 11 is 4.14. The highest BCUT2D eigenvalue weighted by molar-refractivity contribution is 7.77. The maximum absolute atomic E-state index is 10.9. The molecule has 0 unspecified atom stereocenters. The number of carbonyl (C=O) groups excluding carboxylic acids is 1. The highest BCUT2D eigenvalue weighted by atomic mass is 32.1. The number of benzene rings is 1. The number of hydrogen-bond donors (Lipinski definition) is 3. The van der Waals surface area contributed by atoms with Crippen LogP contribution in [0.3, 0.4) is 0 Å². The Morgan fingerprint density at radius 3 is 3.00 bits per heavy atom. The molecular formula is C9H11N5OS. The first-order valence-electron chi connectivity index (χ1n) is 4.61. The fourth-order valence-corrected chi connectivity index (χ4v) is 1.54. The minimum absolute atomic E-state index is 0.104. The van der Waals surface area contributed by atoms with Crippen LogP contribution >= 0.6 is 12.8 Å². The van der Waals surface area contributed by atoms with Crippen molar-refractivity contribution in [2.45, 2.75) is 6.92 Å². The zero-order valence-electron chi connectivity index (χ0n) is 8.58. The number of anilines is 2. The quantitative estimate of drug-likeness (QED) is 0.671. The van der Waals surface area contributed by atoms with Gasteiger partial charge in [0.1, 0.15) is 6.34 Å². The summed E-state index contributed by atoms with van der Waals surface area (Å²) in [5.41, 5.74) is 4.21. The Balaban J connectivity index is 2.21. The molecule has 1 amide bonds. The molecule has 1 aliphatic rings. The molecule has 1 aromatic carbocycles. The molecule has 0 saturated heterocycles. The van der Waals surface area contributed by atoms with Gasteiger partial charge in [-0.3, -0.25) is 4.79 Å². The van der Waals surface area contributed by atoms with Crippen molar-refractivity contribution in [2.24, 2.45) is 5.10 Å². The summed E-state index contributed by atoms with van der Waals surface area (Å²) in [7, 11) is 0. The molecule has 0 atom stereocenters. The largest absolute Gasteiger partial charge is 0.326 e. The van der Waals surface area contributed by atoms with Gasteiger partial charge in [-0.05, 0) is 31.0 Å². The third-order valence-electron chi connectivity index (χ3n) is 1.95. The lowest BCUT2D eigenvalue weighted by atomic mass is 10.2. The van der Waals surface area contributed by atoms with Crippen molar-refractivity contribution in [1.82, 2.24) is 10.1 Å². The van der Waals surface area contributed by atoms with E-state index >= 15 is 0 Å². The van der Waals surface area contributed by atoms with Gasteiger partial charge >= 0.3 is 0 Å². The van der Waals surface area contributed by atoms with Gasteiger partial charge in [0, 0.05) is 12.6 Å². The summed E-state index contributed by atoms with van der Waals surface area (Å²) in [5.74, 6) is -0.104. The second kappa shape index (κ2) is 4.42. The van der Waals surface area contributed by atoms with E-state index in [0.717, 1.165) is 11.4 Å². The van der Waals surface area contributed by atoms with E-state index in [-0.39, 0.29) is 5.91 Å². The van der Waals surface area contributed by atoms with Gasteiger partial charge < -0.3 is 5.32 Å². The van der Waals surface area contributed by atoms with Crippen molar-refractivity contribution in [3.8, 4) is 0 Å². The summed E-state index contributed by atoms with van der Waals surface area (Å²) in [5, 5.41) is 8.22. The molecule has 1 heterocycles. The fraction of sp³-hybridized carbons (Fsp3) is 0.111. The van der Waals surface area contributed by atoms with Gasteiger partial charge in [-0.2, -0.15) is 5.10 Å². The van der Waals surface area contributed by atoms with Crippen molar-refractivity contribution < 1.29 is 4.79 Å². The molecule has 2 rings (SSSR count). The topological polar surface area (TPSA) is 60.0 Å². The lowest BCUT2D eigenvalue weighted by molar-refractivity contribution is -0.114. The van der Waals surface area contributed by atoms with Crippen LogP contribution < -0.4 is 15.9 Å². The van der Waals surface area contributed by atoms with E-state index in [0.29, 0.717) is 0 Å². The van der Waals surface area contributed by atoms with E-state index in [4.69, 9.17) is 0 Å².